The highest BCUT2D eigenvalue weighted by molar-refractivity contribution is 7.89. The van der Waals surface area contributed by atoms with Gasteiger partial charge in [-0.05, 0) is 50.2 Å². The monoisotopic (exact) mass is 458 g/mol. The molecule has 2 aromatic heterocycles. The molecule has 0 radical (unpaired) electrons. The molecule has 170 valence electrons. The zero-order chi connectivity index (χ0) is 22.7. The Kier molecular flexibility index (Phi) is 6.28. The molecule has 32 heavy (non-hydrogen) atoms. The number of fused-ring (bicyclic) bond motifs is 1. The molecule has 1 aliphatic rings. The topological polar surface area (TPSA) is 109 Å². The number of carbonyl (C=O) groups is 1. The molecule has 0 bridgehead atoms. The highest BCUT2D eigenvalue weighted by Gasteiger charge is 2.31. The number of amides is 2. The van der Waals surface area contributed by atoms with Crippen LogP contribution < -0.4 is 10.1 Å². The third-order valence-corrected chi connectivity index (χ3v) is 7.28. The van der Waals surface area contributed by atoms with Crippen molar-refractivity contribution >= 4 is 21.7 Å². The second-order valence-corrected chi connectivity index (χ2v) is 9.39. The summed E-state index contributed by atoms with van der Waals surface area (Å²) >= 11 is 0. The number of sulfonamides is 1. The van der Waals surface area contributed by atoms with Gasteiger partial charge in [0.2, 0.25) is 10.0 Å². The van der Waals surface area contributed by atoms with Crippen molar-refractivity contribution in [3.63, 3.8) is 0 Å². The first-order valence-electron chi connectivity index (χ1n) is 10.5. The Labute approximate surface area is 186 Å². The number of rotatable bonds is 6. The highest BCUT2D eigenvalue weighted by Crippen LogP contribution is 2.21. The van der Waals surface area contributed by atoms with Crippen LogP contribution in [-0.4, -0.2) is 71.0 Å². The summed E-state index contributed by atoms with van der Waals surface area (Å²) in [7, 11) is -3.63. The molecule has 1 saturated heterocycles. The zero-order valence-electron chi connectivity index (χ0n) is 18.0. The lowest BCUT2D eigenvalue weighted by Crippen LogP contribution is -2.53. The van der Waals surface area contributed by atoms with Crippen LogP contribution in [0.5, 0.6) is 5.75 Å². The summed E-state index contributed by atoms with van der Waals surface area (Å²) in [6.45, 7) is 5.28. The number of hydrogen-bond donors (Lipinski definition) is 1. The molecule has 2 amide bonds. The first-order chi connectivity index (χ1) is 15.4. The van der Waals surface area contributed by atoms with E-state index in [0.717, 1.165) is 0 Å². The van der Waals surface area contributed by atoms with Gasteiger partial charge in [0.05, 0.1) is 17.5 Å². The lowest BCUT2D eigenvalue weighted by atomic mass is 10.3. The third-order valence-electron chi connectivity index (χ3n) is 5.37. The molecular formula is C21H26N6O4S. The Balaban J connectivity index is 1.36. The molecule has 3 heterocycles. The van der Waals surface area contributed by atoms with E-state index in [0.29, 0.717) is 36.9 Å². The Morgan fingerprint density at radius 1 is 1.09 bits per heavy atom. The maximum atomic E-state index is 12.9. The average Bonchev–Trinajstić information content (AvgIpc) is 3.24. The molecule has 1 atom stereocenters. The molecule has 0 aliphatic carbocycles. The molecule has 1 aromatic carbocycles. The van der Waals surface area contributed by atoms with Crippen molar-refractivity contribution in [2.24, 2.45) is 0 Å². The normalized spacial score (nSPS) is 16.1. The van der Waals surface area contributed by atoms with Crippen molar-refractivity contribution in [3.8, 4) is 5.75 Å². The number of piperazine rings is 1. The molecule has 11 heteroatoms. The smallest absolute Gasteiger partial charge is 0.318 e. The molecule has 10 nitrogen and oxygen atoms in total. The standard InChI is InChI=1S/C21H26N6O4S/c1-3-31-17-7-9-18(10-8-17)32(29,30)26-14-12-25(13-15-26)21(28)22-16(2)20-24-23-19-6-4-5-11-27(19)20/h4-11,16H,3,12-15H2,1-2H3,(H,22,28)/t16-/m1/s1. The van der Waals surface area contributed by atoms with Gasteiger partial charge in [-0.15, -0.1) is 10.2 Å². The van der Waals surface area contributed by atoms with Crippen molar-refractivity contribution in [1.29, 1.82) is 0 Å². The Bertz CT molecular complexity index is 1190. The second kappa shape index (κ2) is 9.13. The van der Waals surface area contributed by atoms with Gasteiger partial charge in [-0.3, -0.25) is 4.40 Å². The molecule has 1 aliphatic heterocycles. The van der Waals surface area contributed by atoms with Crippen LogP contribution in [0.15, 0.2) is 53.6 Å². The van der Waals surface area contributed by atoms with Crippen LogP contribution in [0.2, 0.25) is 0 Å². The van der Waals surface area contributed by atoms with Crippen LogP contribution >= 0.6 is 0 Å². The summed E-state index contributed by atoms with van der Waals surface area (Å²) < 4.78 is 34.5. The summed E-state index contributed by atoms with van der Waals surface area (Å²) in [5.41, 5.74) is 0.705. The van der Waals surface area contributed by atoms with Crippen LogP contribution in [0, 0.1) is 0 Å². The van der Waals surface area contributed by atoms with E-state index in [1.54, 1.807) is 29.2 Å². The number of aromatic nitrogens is 3. The number of carbonyl (C=O) groups excluding carboxylic acids is 1. The number of pyridine rings is 1. The minimum absolute atomic E-state index is 0.214. The SMILES string of the molecule is CCOc1ccc(S(=O)(=O)N2CCN(C(=O)N[C@H](C)c3nnc4ccccn34)CC2)cc1. The van der Waals surface area contributed by atoms with Crippen molar-refractivity contribution in [2.75, 3.05) is 32.8 Å². The predicted octanol–water partition coefficient (Wildman–Crippen LogP) is 1.91. The van der Waals surface area contributed by atoms with Crippen LogP contribution in [-0.2, 0) is 10.0 Å². The van der Waals surface area contributed by atoms with Crippen molar-refractivity contribution in [3.05, 3.63) is 54.5 Å². The third kappa shape index (κ3) is 4.39. The molecule has 4 rings (SSSR count). The molecule has 0 unspecified atom stereocenters. The van der Waals surface area contributed by atoms with E-state index in [-0.39, 0.29) is 30.1 Å². The van der Waals surface area contributed by atoms with Gasteiger partial charge in [0.1, 0.15) is 5.75 Å². The summed E-state index contributed by atoms with van der Waals surface area (Å²) in [6, 6.07) is 11.4. The van der Waals surface area contributed by atoms with E-state index in [4.69, 9.17) is 4.74 Å². The molecule has 0 saturated carbocycles. The lowest BCUT2D eigenvalue weighted by Gasteiger charge is -2.34. The average molecular weight is 459 g/mol. The maximum Gasteiger partial charge on any atom is 0.318 e. The fourth-order valence-corrected chi connectivity index (χ4v) is 5.07. The van der Waals surface area contributed by atoms with Gasteiger partial charge >= 0.3 is 6.03 Å². The summed E-state index contributed by atoms with van der Waals surface area (Å²) in [6.07, 6.45) is 1.85. The van der Waals surface area contributed by atoms with Crippen LogP contribution in [0.3, 0.4) is 0 Å². The van der Waals surface area contributed by atoms with E-state index < -0.39 is 10.0 Å². The minimum atomic E-state index is -3.63. The van der Waals surface area contributed by atoms with Crippen molar-refractivity contribution in [2.45, 2.75) is 24.8 Å². The quantitative estimate of drug-likeness (QED) is 0.604. The van der Waals surface area contributed by atoms with E-state index in [1.165, 1.54) is 4.31 Å². The van der Waals surface area contributed by atoms with E-state index in [2.05, 4.69) is 15.5 Å². The largest absolute Gasteiger partial charge is 0.494 e. The van der Waals surface area contributed by atoms with Crippen molar-refractivity contribution in [1.82, 2.24) is 29.1 Å². The van der Waals surface area contributed by atoms with Gasteiger partial charge in [0.15, 0.2) is 11.5 Å². The molecule has 1 fully saturated rings. The maximum absolute atomic E-state index is 12.9. The summed E-state index contributed by atoms with van der Waals surface area (Å²) in [5.74, 6) is 1.26. The number of hydrogen-bond acceptors (Lipinski definition) is 6. The second-order valence-electron chi connectivity index (χ2n) is 7.45. The van der Waals surface area contributed by atoms with Gasteiger partial charge in [-0.1, -0.05) is 6.07 Å². The van der Waals surface area contributed by atoms with Gasteiger partial charge < -0.3 is 15.0 Å². The molecular weight excluding hydrogens is 432 g/mol. The predicted molar refractivity (Wildman–Crippen MR) is 118 cm³/mol. The number of urea groups is 1. The van der Waals surface area contributed by atoms with Gasteiger partial charge in [0, 0.05) is 32.4 Å². The van der Waals surface area contributed by atoms with E-state index in [9.17, 15) is 13.2 Å². The first kappa shape index (κ1) is 22.0. The van der Waals surface area contributed by atoms with Crippen LogP contribution in [0.25, 0.3) is 5.65 Å². The summed E-state index contributed by atoms with van der Waals surface area (Å²) in [4.78, 5) is 14.6. The number of benzene rings is 1. The minimum Gasteiger partial charge on any atom is -0.494 e. The molecule has 1 N–H and O–H groups in total. The molecule has 3 aromatic rings. The fraction of sp³-hybridized carbons (Fsp3) is 0.381. The van der Waals surface area contributed by atoms with Gasteiger partial charge in [0.25, 0.3) is 0 Å². The number of ether oxygens (including phenoxy) is 1. The first-order valence-corrected chi connectivity index (χ1v) is 11.9. The van der Waals surface area contributed by atoms with Crippen molar-refractivity contribution < 1.29 is 17.9 Å². The molecule has 0 spiro atoms. The Morgan fingerprint density at radius 2 is 1.81 bits per heavy atom. The number of nitrogens with one attached hydrogen (secondary N) is 1. The van der Waals surface area contributed by atoms with Crippen LogP contribution in [0.4, 0.5) is 4.79 Å². The van der Waals surface area contributed by atoms with E-state index in [1.807, 2.05) is 42.6 Å². The number of nitrogens with zero attached hydrogens (tertiary/aromatic N) is 5. The Hall–Kier alpha value is -3.18. The highest BCUT2D eigenvalue weighted by atomic mass is 32.2. The van der Waals surface area contributed by atoms with Gasteiger partial charge in [-0.25, -0.2) is 13.2 Å². The lowest BCUT2D eigenvalue weighted by molar-refractivity contribution is 0.169. The zero-order valence-corrected chi connectivity index (χ0v) is 18.8. The van der Waals surface area contributed by atoms with Gasteiger partial charge in [-0.2, -0.15) is 4.31 Å². The van der Waals surface area contributed by atoms with Crippen LogP contribution in [0.1, 0.15) is 25.7 Å². The Morgan fingerprint density at radius 3 is 2.50 bits per heavy atom. The fourth-order valence-electron chi connectivity index (χ4n) is 3.65. The van der Waals surface area contributed by atoms with E-state index >= 15 is 0 Å². The summed E-state index contributed by atoms with van der Waals surface area (Å²) in [5, 5.41) is 11.2.